The van der Waals surface area contributed by atoms with E-state index in [2.05, 4.69) is 5.32 Å². The summed E-state index contributed by atoms with van der Waals surface area (Å²) in [7, 11) is 0. The van der Waals surface area contributed by atoms with Gasteiger partial charge in [0.15, 0.2) is 0 Å². The highest BCUT2D eigenvalue weighted by Gasteiger charge is 2.08. The molecule has 0 saturated heterocycles. The van der Waals surface area contributed by atoms with E-state index in [0.29, 0.717) is 12.2 Å². The lowest BCUT2D eigenvalue weighted by atomic mass is 10.1. The Labute approximate surface area is 119 Å². The first-order valence-electron chi connectivity index (χ1n) is 6.71. The molecule has 0 unspecified atom stereocenters. The van der Waals surface area contributed by atoms with Crippen molar-refractivity contribution >= 4 is 11.6 Å². The van der Waals surface area contributed by atoms with Crippen molar-refractivity contribution in [2.75, 3.05) is 11.9 Å². The van der Waals surface area contributed by atoms with Crippen LogP contribution in [0.3, 0.4) is 0 Å². The Balaban J connectivity index is 2.13. The number of benzene rings is 2. The average molecular weight is 269 g/mol. The maximum absolute atomic E-state index is 12.2. The van der Waals surface area contributed by atoms with Gasteiger partial charge in [-0.1, -0.05) is 17.7 Å². The predicted molar refractivity (Wildman–Crippen MR) is 81.5 cm³/mol. The topological polar surface area (TPSA) is 38.3 Å². The van der Waals surface area contributed by atoms with Crippen LogP contribution in [-0.4, -0.2) is 12.5 Å². The van der Waals surface area contributed by atoms with Crippen molar-refractivity contribution in [1.82, 2.24) is 0 Å². The second-order valence-corrected chi connectivity index (χ2v) is 4.73. The molecule has 3 heteroatoms. The van der Waals surface area contributed by atoms with Crippen LogP contribution in [0.1, 0.15) is 28.4 Å². The number of ether oxygens (including phenoxy) is 1. The van der Waals surface area contributed by atoms with Gasteiger partial charge in [-0.2, -0.15) is 0 Å². The fourth-order valence-electron chi connectivity index (χ4n) is 1.95. The van der Waals surface area contributed by atoms with Gasteiger partial charge < -0.3 is 10.1 Å². The highest BCUT2D eigenvalue weighted by atomic mass is 16.5. The van der Waals surface area contributed by atoms with Crippen molar-refractivity contribution < 1.29 is 9.53 Å². The fourth-order valence-corrected chi connectivity index (χ4v) is 1.95. The molecule has 1 amide bonds. The molecule has 2 aromatic rings. The quantitative estimate of drug-likeness (QED) is 0.912. The largest absolute Gasteiger partial charge is 0.494 e. The normalized spacial score (nSPS) is 10.2. The minimum atomic E-state index is -0.111. The molecule has 0 aliphatic rings. The summed E-state index contributed by atoms with van der Waals surface area (Å²) in [6.45, 7) is 6.52. The molecule has 0 fully saturated rings. The summed E-state index contributed by atoms with van der Waals surface area (Å²) >= 11 is 0. The molecule has 20 heavy (non-hydrogen) atoms. The molecule has 104 valence electrons. The molecular formula is C17H19NO2. The lowest BCUT2D eigenvalue weighted by Gasteiger charge is -2.10. The van der Waals surface area contributed by atoms with E-state index in [0.717, 1.165) is 17.0 Å². The van der Waals surface area contributed by atoms with Gasteiger partial charge in [0.25, 0.3) is 5.91 Å². The van der Waals surface area contributed by atoms with Crippen LogP contribution in [0.15, 0.2) is 42.5 Å². The van der Waals surface area contributed by atoms with Gasteiger partial charge in [0.05, 0.1) is 6.61 Å². The zero-order chi connectivity index (χ0) is 14.5. The van der Waals surface area contributed by atoms with E-state index in [1.807, 2.05) is 57.2 Å². The molecule has 2 aromatic carbocycles. The van der Waals surface area contributed by atoms with Crippen LogP contribution in [0.4, 0.5) is 5.69 Å². The monoisotopic (exact) mass is 269 g/mol. The Kier molecular flexibility index (Phi) is 4.41. The molecule has 0 aromatic heterocycles. The summed E-state index contributed by atoms with van der Waals surface area (Å²) in [5.41, 5.74) is 3.56. The summed E-state index contributed by atoms with van der Waals surface area (Å²) < 4.78 is 5.47. The van der Waals surface area contributed by atoms with Gasteiger partial charge in [0.1, 0.15) is 5.75 Å². The molecule has 0 saturated carbocycles. The van der Waals surface area contributed by atoms with E-state index in [4.69, 9.17) is 4.74 Å². The summed E-state index contributed by atoms with van der Waals surface area (Å²) in [5, 5.41) is 2.88. The molecule has 0 aliphatic heterocycles. The maximum Gasteiger partial charge on any atom is 0.255 e. The number of aryl methyl sites for hydroxylation is 2. The van der Waals surface area contributed by atoms with Crippen LogP contribution in [0.25, 0.3) is 0 Å². The van der Waals surface area contributed by atoms with Gasteiger partial charge in [0.2, 0.25) is 0 Å². The fraction of sp³-hybridized carbons (Fsp3) is 0.235. The summed E-state index contributed by atoms with van der Waals surface area (Å²) in [6.07, 6.45) is 0. The second kappa shape index (κ2) is 6.24. The Bertz CT molecular complexity index is 603. The summed E-state index contributed by atoms with van der Waals surface area (Å²) in [5.74, 6) is 0.708. The first kappa shape index (κ1) is 14.1. The highest BCUT2D eigenvalue weighted by molar-refractivity contribution is 6.04. The standard InChI is InChI=1S/C17H19NO2/c1-4-20-16-10-7-14(11-13(16)3)17(19)18-15-8-5-12(2)6-9-15/h5-11H,4H2,1-3H3,(H,18,19). The number of carbonyl (C=O) groups excluding carboxylic acids is 1. The molecule has 0 heterocycles. The molecular weight excluding hydrogens is 250 g/mol. The molecule has 0 radical (unpaired) electrons. The molecule has 1 N–H and O–H groups in total. The predicted octanol–water partition coefficient (Wildman–Crippen LogP) is 3.95. The number of nitrogens with one attached hydrogen (secondary N) is 1. The maximum atomic E-state index is 12.2. The number of hydrogen-bond donors (Lipinski definition) is 1. The Morgan fingerprint density at radius 3 is 2.40 bits per heavy atom. The van der Waals surface area contributed by atoms with Crippen LogP contribution < -0.4 is 10.1 Å². The van der Waals surface area contributed by atoms with Crippen molar-refractivity contribution in [3.63, 3.8) is 0 Å². The van der Waals surface area contributed by atoms with Crippen LogP contribution in [0, 0.1) is 13.8 Å². The highest BCUT2D eigenvalue weighted by Crippen LogP contribution is 2.20. The molecule has 0 spiro atoms. The van der Waals surface area contributed by atoms with E-state index < -0.39 is 0 Å². The van der Waals surface area contributed by atoms with Gasteiger partial charge in [-0.3, -0.25) is 4.79 Å². The van der Waals surface area contributed by atoms with Gasteiger partial charge in [-0.05, 0) is 56.7 Å². The number of amides is 1. The molecule has 0 atom stereocenters. The third-order valence-electron chi connectivity index (χ3n) is 3.05. The van der Waals surface area contributed by atoms with E-state index in [-0.39, 0.29) is 5.91 Å². The smallest absolute Gasteiger partial charge is 0.255 e. The minimum Gasteiger partial charge on any atom is -0.494 e. The molecule has 2 rings (SSSR count). The van der Waals surface area contributed by atoms with Crippen LogP contribution >= 0.6 is 0 Å². The van der Waals surface area contributed by atoms with Gasteiger partial charge in [-0.25, -0.2) is 0 Å². The third kappa shape index (κ3) is 3.38. The van der Waals surface area contributed by atoms with Gasteiger partial charge in [0, 0.05) is 11.3 Å². The number of hydrogen-bond acceptors (Lipinski definition) is 2. The van der Waals surface area contributed by atoms with Crippen LogP contribution in [-0.2, 0) is 0 Å². The van der Waals surface area contributed by atoms with E-state index >= 15 is 0 Å². The van der Waals surface area contributed by atoms with Crippen LogP contribution in [0.5, 0.6) is 5.75 Å². The Hall–Kier alpha value is -2.29. The van der Waals surface area contributed by atoms with E-state index in [1.165, 1.54) is 5.56 Å². The Morgan fingerprint density at radius 2 is 1.80 bits per heavy atom. The van der Waals surface area contributed by atoms with Gasteiger partial charge >= 0.3 is 0 Å². The van der Waals surface area contributed by atoms with Crippen molar-refractivity contribution in [2.45, 2.75) is 20.8 Å². The molecule has 0 bridgehead atoms. The number of carbonyl (C=O) groups is 1. The van der Waals surface area contributed by atoms with E-state index in [9.17, 15) is 4.79 Å². The Morgan fingerprint density at radius 1 is 1.10 bits per heavy atom. The number of anilines is 1. The molecule has 0 aliphatic carbocycles. The minimum absolute atomic E-state index is 0.111. The lowest BCUT2D eigenvalue weighted by Crippen LogP contribution is -2.12. The summed E-state index contributed by atoms with van der Waals surface area (Å²) in [4.78, 5) is 12.2. The van der Waals surface area contributed by atoms with Gasteiger partial charge in [-0.15, -0.1) is 0 Å². The van der Waals surface area contributed by atoms with Crippen LogP contribution in [0.2, 0.25) is 0 Å². The number of rotatable bonds is 4. The zero-order valence-electron chi connectivity index (χ0n) is 12.1. The van der Waals surface area contributed by atoms with Crippen molar-refractivity contribution in [2.24, 2.45) is 0 Å². The molecule has 3 nitrogen and oxygen atoms in total. The zero-order valence-corrected chi connectivity index (χ0v) is 12.1. The summed E-state index contributed by atoms with van der Waals surface area (Å²) in [6, 6.07) is 13.2. The first-order chi connectivity index (χ1) is 9.60. The van der Waals surface area contributed by atoms with E-state index in [1.54, 1.807) is 6.07 Å². The third-order valence-corrected chi connectivity index (χ3v) is 3.05. The average Bonchev–Trinajstić information content (AvgIpc) is 2.44. The second-order valence-electron chi connectivity index (χ2n) is 4.73. The van der Waals surface area contributed by atoms with Crippen molar-refractivity contribution in [3.8, 4) is 5.75 Å². The first-order valence-corrected chi connectivity index (χ1v) is 6.71. The lowest BCUT2D eigenvalue weighted by molar-refractivity contribution is 0.102. The van der Waals surface area contributed by atoms with Crippen molar-refractivity contribution in [1.29, 1.82) is 0 Å². The van der Waals surface area contributed by atoms with Crippen molar-refractivity contribution in [3.05, 3.63) is 59.2 Å². The SMILES string of the molecule is CCOc1ccc(C(=O)Nc2ccc(C)cc2)cc1C.